The molecule has 0 bridgehead atoms. The molecule has 1 aliphatic carbocycles. The van der Waals surface area contributed by atoms with Crippen LogP contribution in [0.15, 0.2) is 30.3 Å². The van der Waals surface area contributed by atoms with Crippen molar-refractivity contribution in [2.75, 3.05) is 12.4 Å². The van der Waals surface area contributed by atoms with E-state index in [0.717, 1.165) is 46.9 Å². The summed E-state index contributed by atoms with van der Waals surface area (Å²) in [6.07, 6.45) is 3.04. The topological polar surface area (TPSA) is 92.8 Å². The van der Waals surface area contributed by atoms with E-state index in [0.29, 0.717) is 12.8 Å². The maximum atomic E-state index is 12.1. The average molecular weight is 379 g/mol. The van der Waals surface area contributed by atoms with Gasteiger partial charge in [0.15, 0.2) is 11.6 Å². The van der Waals surface area contributed by atoms with Crippen LogP contribution in [0.4, 0.5) is 11.6 Å². The van der Waals surface area contributed by atoms with Gasteiger partial charge in [-0.1, -0.05) is 12.1 Å². The van der Waals surface area contributed by atoms with Gasteiger partial charge in [-0.2, -0.15) is 5.10 Å². The molecule has 0 aliphatic heterocycles. The number of H-pyrrole nitrogens is 1. The molecule has 2 heterocycles. The van der Waals surface area contributed by atoms with Gasteiger partial charge in [0.25, 0.3) is 0 Å². The van der Waals surface area contributed by atoms with Crippen LogP contribution in [0.3, 0.4) is 0 Å². The SMILES string of the molecule is CO[C@]1(C(C)=O)CC[C@H](c2nc(Nc3cc(C)[nH]n3)c3ccccc3n2)CC1. The molecule has 0 atom stereocenters. The molecule has 0 saturated heterocycles. The molecule has 7 nitrogen and oxygen atoms in total. The van der Waals surface area contributed by atoms with Crippen LogP contribution >= 0.6 is 0 Å². The number of benzene rings is 1. The number of ketones is 1. The highest BCUT2D eigenvalue weighted by atomic mass is 16.5. The summed E-state index contributed by atoms with van der Waals surface area (Å²) in [7, 11) is 1.63. The zero-order chi connectivity index (χ0) is 19.7. The van der Waals surface area contributed by atoms with Crippen molar-refractivity contribution >= 4 is 28.3 Å². The van der Waals surface area contributed by atoms with E-state index >= 15 is 0 Å². The Balaban J connectivity index is 1.66. The monoisotopic (exact) mass is 379 g/mol. The lowest BCUT2D eigenvalue weighted by molar-refractivity contribution is -0.143. The van der Waals surface area contributed by atoms with Gasteiger partial charge in [-0.15, -0.1) is 0 Å². The van der Waals surface area contributed by atoms with Gasteiger partial charge < -0.3 is 10.1 Å². The first-order valence-electron chi connectivity index (χ1n) is 9.63. The number of hydrogen-bond donors (Lipinski definition) is 2. The minimum absolute atomic E-state index is 0.101. The Labute approximate surface area is 163 Å². The molecule has 0 unspecified atom stereocenters. The van der Waals surface area contributed by atoms with E-state index in [1.165, 1.54) is 0 Å². The number of para-hydroxylation sites is 1. The molecule has 0 radical (unpaired) electrons. The highest BCUT2D eigenvalue weighted by molar-refractivity contribution is 5.90. The van der Waals surface area contributed by atoms with E-state index in [1.807, 2.05) is 37.3 Å². The Bertz CT molecular complexity index is 1000. The molecule has 2 N–H and O–H groups in total. The number of anilines is 2. The normalized spacial score (nSPS) is 22.3. The molecular weight excluding hydrogens is 354 g/mol. The van der Waals surface area contributed by atoms with Crippen molar-refractivity contribution in [1.82, 2.24) is 20.2 Å². The summed E-state index contributed by atoms with van der Waals surface area (Å²) >= 11 is 0. The molecule has 1 aliphatic rings. The van der Waals surface area contributed by atoms with Gasteiger partial charge in [0, 0.05) is 30.2 Å². The number of nitrogens with zero attached hydrogens (tertiary/aromatic N) is 3. The molecule has 1 fully saturated rings. The third-order valence-electron chi connectivity index (χ3n) is 5.76. The second kappa shape index (κ2) is 7.31. The zero-order valence-corrected chi connectivity index (χ0v) is 16.5. The maximum Gasteiger partial charge on any atom is 0.161 e. The standard InChI is InChI=1S/C21H25N5O2/c1-13-12-18(26-25-13)23-20-16-6-4-5-7-17(16)22-19(24-20)15-8-10-21(28-3,11-9-15)14(2)27/h4-7,12,15H,8-11H2,1-3H3,(H2,22,23,24,25,26)/t15-,21+. The van der Waals surface area contributed by atoms with Crippen LogP contribution in [0.2, 0.25) is 0 Å². The number of ether oxygens (including phenoxy) is 1. The second-order valence-electron chi connectivity index (χ2n) is 7.54. The first-order chi connectivity index (χ1) is 13.5. The number of carbonyl (C=O) groups excluding carboxylic acids is 1. The smallest absolute Gasteiger partial charge is 0.161 e. The number of aromatic amines is 1. The molecule has 28 heavy (non-hydrogen) atoms. The number of Topliss-reactive ketones (excluding diaryl/α,β-unsaturated/α-hetero) is 1. The molecule has 7 heteroatoms. The Kier molecular flexibility index (Phi) is 4.85. The van der Waals surface area contributed by atoms with Crippen molar-refractivity contribution in [3.63, 3.8) is 0 Å². The largest absolute Gasteiger partial charge is 0.370 e. The van der Waals surface area contributed by atoms with Gasteiger partial charge in [-0.25, -0.2) is 9.97 Å². The summed E-state index contributed by atoms with van der Waals surface area (Å²) in [5, 5.41) is 11.5. The minimum Gasteiger partial charge on any atom is -0.370 e. The predicted molar refractivity (Wildman–Crippen MR) is 108 cm³/mol. The molecule has 2 aromatic heterocycles. The molecule has 1 aromatic carbocycles. The highest BCUT2D eigenvalue weighted by Gasteiger charge is 2.40. The summed E-state index contributed by atoms with van der Waals surface area (Å²) < 4.78 is 5.59. The third-order valence-corrected chi connectivity index (χ3v) is 5.76. The molecule has 3 aromatic rings. The van der Waals surface area contributed by atoms with E-state index < -0.39 is 5.60 Å². The highest BCUT2D eigenvalue weighted by Crippen LogP contribution is 2.40. The molecule has 4 rings (SSSR count). The summed E-state index contributed by atoms with van der Waals surface area (Å²) in [5.41, 5.74) is 1.23. The lowest BCUT2D eigenvalue weighted by atomic mass is 9.76. The van der Waals surface area contributed by atoms with E-state index in [4.69, 9.17) is 14.7 Å². The third kappa shape index (κ3) is 3.38. The van der Waals surface area contributed by atoms with E-state index in [1.54, 1.807) is 14.0 Å². The van der Waals surface area contributed by atoms with E-state index in [-0.39, 0.29) is 11.7 Å². The fourth-order valence-corrected chi connectivity index (χ4v) is 4.02. The summed E-state index contributed by atoms with van der Waals surface area (Å²) in [4.78, 5) is 21.7. The number of rotatable bonds is 5. The van der Waals surface area contributed by atoms with Gasteiger partial charge in [-0.3, -0.25) is 9.89 Å². The van der Waals surface area contributed by atoms with Crippen LogP contribution in [0, 0.1) is 6.92 Å². The minimum atomic E-state index is -0.652. The Morgan fingerprint density at radius 3 is 2.64 bits per heavy atom. The first kappa shape index (κ1) is 18.6. The van der Waals surface area contributed by atoms with Crippen LogP contribution in [0.5, 0.6) is 0 Å². The average Bonchev–Trinajstić information content (AvgIpc) is 3.12. The Morgan fingerprint density at radius 1 is 1.25 bits per heavy atom. The quantitative estimate of drug-likeness (QED) is 0.695. The summed E-state index contributed by atoms with van der Waals surface area (Å²) in [6.45, 7) is 3.57. The maximum absolute atomic E-state index is 12.1. The molecule has 146 valence electrons. The summed E-state index contributed by atoms with van der Waals surface area (Å²) in [5.74, 6) is 2.59. The van der Waals surface area contributed by atoms with Crippen molar-refractivity contribution in [2.24, 2.45) is 0 Å². The van der Waals surface area contributed by atoms with Crippen LogP contribution in [0.25, 0.3) is 10.9 Å². The van der Waals surface area contributed by atoms with Gasteiger partial charge in [-0.05, 0) is 51.7 Å². The van der Waals surface area contributed by atoms with Crippen molar-refractivity contribution in [3.05, 3.63) is 41.9 Å². The number of fused-ring (bicyclic) bond motifs is 1. The van der Waals surface area contributed by atoms with E-state index in [2.05, 4.69) is 15.5 Å². The first-order valence-corrected chi connectivity index (χ1v) is 9.63. The number of nitrogens with one attached hydrogen (secondary N) is 2. The second-order valence-corrected chi connectivity index (χ2v) is 7.54. The molecular formula is C21H25N5O2. The van der Waals surface area contributed by atoms with Gasteiger partial charge in [0.2, 0.25) is 0 Å². The fraction of sp³-hybridized carbons (Fsp3) is 0.429. The number of aryl methyl sites for hydroxylation is 1. The summed E-state index contributed by atoms with van der Waals surface area (Å²) in [6, 6.07) is 9.91. The van der Waals surface area contributed by atoms with Crippen molar-refractivity contribution in [1.29, 1.82) is 0 Å². The molecule has 1 saturated carbocycles. The Hall–Kier alpha value is -2.80. The number of methoxy groups -OCH3 is 1. The van der Waals surface area contributed by atoms with Gasteiger partial charge >= 0.3 is 0 Å². The van der Waals surface area contributed by atoms with Crippen molar-refractivity contribution < 1.29 is 9.53 Å². The predicted octanol–water partition coefficient (Wildman–Crippen LogP) is 4.04. The Morgan fingerprint density at radius 2 is 2.00 bits per heavy atom. The number of aromatic nitrogens is 4. The zero-order valence-electron chi connectivity index (χ0n) is 16.5. The molecule has 0 amide bonds. The van der Waals surface area contributed by atoms with Crippen LogP contribution in [-0.4, -0.2) is 38.7 Å². The van der Waals surface area contributed by atoms with Crippen LogP contribution in [0.1, 0.15) is 50.0 Å². The van der Waals surface area contributed by atoms with Crippen LogP contribution < -0.4 is 5.32 Å². The lowest BCUT2D eigenvalue weighted by Crippen LogP contribution is -2.42. The molecule has 0 spiro atoms. The fourth-order valence-electron chi connectivity index (χ4n) is 4.02. The number of carbonyl (C=O) groups is 1. The van der Waals surface area contributed by atoms with E-state index in [9.17, 15) is 4.79 Å². The van der Waals surface area contributed by atoms with Crippen LogP contribution in [-0.2, 0) is 9.53 Å². The lowest BCUT2D eigenvalue weighted by Gasteiger charge is -2.36. The van der Waals surface area contributed by atoms with Gasteiger partial charge in [0.1, 0.15) is 17.2 Å². The van der Waals surface area contributed by atoms with Crippen molar-refractivity contribution in [3.8, 4) is 0 Å². The number of hydrogen-bond acceptors (Lipinski definition) is 6. The van der Waals surface area contributed by atoms with Crippen molar-refractivity contribution in [2.45, 2.75) is 51.0 Å². The van der Waals surface area contributed by atoms with Gasteiger partial charge in [0.05, 0.1) is 5.52 Å².